The molecule has 1 atom stereocenters. The van der Waals surface area contributed by atoms with E-state index in [0.717, 1.165) is 17.0 Å². The van der Waals surface area contributed by atoms with Crippen LogP contribution in [0.4, 0.5) is 0 Å². The van der Waals surface area contributed by atoms with E-state index in [9.17, 15) is 0 Å². The van der Waals surface area contributed by atoms with E-state index in [0.29, 0.717) is 0 Å². The third kappa shape index (κ3) is 1.88. The lowest BCUT2D eigenvalue weighted by molar-refractivity contribution is 0.567. The maximum atomic E-state index is 5.37. The number of hydrazine groups is 1. The second-order valence-electron chi connectivity index (χ2n) is 2.47. The SMILES string of the molecule is C=CCC(NN)c1snnc1C. The van der Waals surface area contributed by atoms with Crippen LogP contribution in [0.2, 0.25) is 0 Å². The number of nitrogens with zero attached hydrogens (tertiary/aromatic N) is 2. The lowest BCUT2D eigenvalue weighted by atomic mass is 10.1. The smallest absolute Gasteiger partial charge is 0.0773 e. The zero-order valence-electron chi connectivity index (χ0n) is 6.95. The molecule has 0 aliphatic heterocycles. The minimum atomic E-state index is 0.0995. The molecule has 0 aliphatic rings. The predicted molar refractivity (Wildman–Crippen MR) is 49.5 cm³/mol. The highest BCUT2D eigenvalue weighted by molar-refractivity contribution is 7.05. The molecule has 1 heterocycles. The number of rotatable bonds is 4. The Bertz CT molecular complexity index is 258. The number of nitrogens with two attached hydrogens (primary N) is 1. The van der Waals surface area contributed by atoms with Crippen LogP contribution in [0, 0.1) is 6.92 Å². The summed E-state index contributed by atoms with van der Waals surface area (Å²) in [5.74, 6) is 5.37. The molecule has 0 amide bonds. The summed E-state index contributed by atoms with van der Waals surface area (Å²) in [4.78, 5) is 1.08. The van der Waals surface area contributed by atoms with Crippen LogP contribution in [-0.2, 0) is 0 Å². The molecule has 0 bridgehead atoms. The van der Waals surface area contributed by atoms with Crippen molar-refractivity contribution in [1.29, 1.82) is 0 Å². The van der Waals surface area contributed by atoms with Gasteiger partial charge in [0.2, 0.25) is 0 Å². The van der Waals surface area contributed by atoms with Crippen molar-refractivity contribution in [2.45, 2.75) is 19.4 Å². The van der Waals surface area contributed by atoms with Gasteiger partial charge in [0.1, 0.15) is 0 Å². The second kappa shape index (κ2) is 4.30. The minimum Gasteiger partial charge on any atom is -0.271 e. The third-order valence-electron chi connectivity index (χ3n) is 1.61. The molecule has 0 saturated carbocycles. The molecular weight excluding hydrogens is 172 g/mol. The monoisotopic (exact) mass is 184 g/mol. The molecule has 3 N–H and O–H groups in total. The van der Waals surface area contributed by atoms with E-state index in [-0.39, 0.29) is 6.04 Å². The lowest BCUT2D eigenvalue weighted by Crippen LogP contribution is -2.27. The second-order valence-corrected chi connectivity index (χ2v) is 3.25. The van der Waals surface area contributed by atoms with E-state index in [4.69, 9.17) is 5.84 Å². The molecule has 1 aromatic heterocycles. The van der Waals surface area contributed by atoms with E-state index in [1.165, 1.54) is 11.5 Å². The topological polar surface area (TPSA) is 63.8 Å². The van der Waals surface area contributed by atoms with Crippen LogP contribution in [0.5, 0.6) is 0 Å². The maximum absolute atomic E-state index is 5.37. The Morgan fingerprint density at radius 1 is 1.83 bits per heavy atom. The summed E-state index contributed by atoms with van der Waals surface area (Å²) in [5.41, 5.74) is 3.64. The number of nitrogens with one attached hydrogen (secondary N) is 1. The van der Waals surface area contributed by atoms with Crippen LogP contribution >= 0.6 is 11.5 Å². The van der Waals surface area contributed by atoms with Gasteiger partial charge in [0.15, 0.2) is 0 Å². The predicted octanol–water partition coefficient (Wildman–Crippen LogP) is 0.927. The third-order valence-corrected chi connectivity index (χ3v) is 2.55. The van der Waals surface area contributed by atoms with E-state index < -0.39 is 0 Å². The van der Waals surface area contributed by atoms with E-state index in [2.05, 4.69) is 21.6 Å². The van der Waals surface area contributed by atoms with E-state index in [1.807, 2.05) is 13.0 Å². The van der Waals surface area contributed by atoms with Crippen molar-refractivity contribution in [2.24, 2.45) is 5.84 Å². The standard InChI is InChI=1S/C7H12N4S/c1-3-4-6(9-8)7-5(2)10-11-12-7/h3,6,9H,1,4,8H2,2H3. The average molecular weight is 184 g/mol. The fourth-order valence-electron chi connectivity index (χ4n) is 0.974. The van der Waals surface area contributed by atoms with Gasteiger partial charge in [-0.05, 0) is 24.9 Å². The highest BCUT2D eigenvalue weighted by atomic mass is 32.1. The summed E-state index contributed by atoms with van der Waals surface area (Å²) < 4.78 is 3.83. The molecule has 12 heavy (non-hydrogen) atoms. The first kappa shape index (κ1) is 9.31. The Hall–Kier alpha value is -0.780. The molecule has 0 saturated heterocycles. The van der Waals surface area contributed by atoms with Gasteiger partial charge in [-0.2, -0.15) is 0 Å². The van der Waals surface area contributed by atoms with Gasteiger partial charge in [-0.1, -0.05) is 10.6 Å². The molecule has 0 radical (unpaired) electrons. The Labute approximate surface area is 75.6 Å². The summed E-state index contributed by atoms with van der Waals surface area (Å²) >= 11 is 1.37. The first-order valence-corrected chi connectivity index (χ1v) is 4.42. The van der Waals surface area contributed by atoms with Gasteiger partial charge in [-0.25, -0.2) is 0 Å². The molecule has 1 unspecified atom stereocenters. The van der Waals surface area contributed by atoms with Crippen molar-refractivity contribution in [3.63, 3.8) is 0 Å². The van der Waals surface area contributed by atoms with Gasteiger partial charge in [-0.15, -0.1) is 11.7 Å². The summed E-state index contributed by atoms with van der Waals surface area (Å²) in [6.07, 6.45) is 2.62. The van der Waals surface area contributed by atoms with E-state index in [1.54, 1.807) is 0 Å². The molecule has 0 aromatic carbocycles. The van der Waals surface area contributed by atoms with Crippen LogP contribution in [0.1, 0.15) is 23.0 Å². The van der Waals surface area contributed by atoms with Gasteiger partial charge >= 0.3 is 0 Å². The van der Waals surface area contributed by atoms with Crippen molar-refractivity contribution < 1.29 is 0 Å². The number of aromatic nitrogens is 2. The fourth-order valence-corrected chi connectivity index (χ4v) is 1.69. The van der Waals surface area contributed by atoms with Gasteiger partial charge < -0.3 is 0 Å². The van der Waals surface area contributed by atoms with Crippen molar-refractivity contribution in [1.82, 2.24) is 15.0 Å². The molecule has 1 aromatic rings. The lowest BCUT2D eigenvalue weighted by Gasteiger charge is -2.10. The molecular formula is C7H12N4S. The summed E-state index contributed by atoms with van der Waals surface area (Å²) in [7, 11) is 0. The van der Waals surface area contributed by atoms with Gasteiger partial charge in [0, 0.05) is 0 Å². The quantitative estimate of drug-likeness (QED) is 0.415. The summed E-state index contributed by atoms with van der Waals surface area (Å²) in [6.45, 7) is 5.58. The highest BCUT2D eigenvalue weighted by Crippen LogP contribution is 2.21. The molecule has 0 fully saturated rings. The highest BCUT2D eigenvalue weighted by Gasteiger charge is 2.13. The molecule has 0 aliphatic carbocycles. The van der Waals surface area contributed by atoms with Gasteiger partial charge in [0.25, 0.3) is 0 Å². The molecule has 1 rings (SSSR count). The molecule has 4 nitrogen and oxygen atoms in total. The number of aryl methyl sites for hydroxylation is 1. The van der Waals surface area contributed by atoms with Gasteiger partial charge in [0.05, 0.1) is 16.6 Å². The molecule has 66 valence electrons. The Balaban J connectivity index is 2.78. The van der Waals surface area contributed by atoms with Crippen LogP contribution in [-0.4, -0.2) is 9.59 Å². The maximum Gasteiger partial charge on any atom is 0.0773 e. The van der Waals surface area contributed by atoms with E-state index >= 15 is 0 Å². The number of hydrogen-bond acceptors (Lipinski definition) is 5. The first-order chi connectivity index (χ1) is 5.79. The fraction of sp³-hybridized carbons (Fsp3) is 0.429. The summed E-state index contributed by atoms with van der Waals surface area (Å²) in [5, 5.41) is 3.91. The van der Waals surface area contributed by atoms with Crippen LogP contribution in [0.3, 0.4) is 0 Å². The number of hydrogen-bond donors (Lipinski definition) is 2. The first-order valence-electron chi connectivity index (χ1n) is 3.65. The Morgan fingerprint density at radius 3 is 3.00 bits per heavy atom. The summed E-state index contributed by atoms with van der Waals surface area (Å²) in [6, 6.07) is 0.0995. The van der Waals surface area contributed by atoms with Crippen molar-refractivity contribution in [3.05, 3.63) is 23.2 Å². The largest absolute Gasteiger partial charge is 0.271 e. The van der Waals surface area contributed by atoms with Crippen LogP contribution in [0.25, 0.3) is 0 Å². The molecule has 5 heteroatoms. The normalized spacial score (nSPS) is 12.8. The zero-order valence-corrected chi connectivity index (χ0v) is 7.77. The minimum absolute atomic E-state index is 0.0995. The van der Waals surface area contributed by atoms with Crippen molar-refractivity contribution in [2.75, 3.05) is 0 Å². The van der Waals surface area contributed by atoms with Crippen molar-refractivity contribution >= 4 is 11.5 Å². The Kier molecular flexibility index (Phi) is 3.33. The Morgan fingerprint density at radius 2 is 2.58 bits per heavy atom. The van der Waals surface area contributed by atoms with Gasteiger partial charge in [-0.3, -0.25) is 11.3 Å². The van der Waals surface area contributed by atoms with Crippen LogP contribution in [0.15, 0.2) is 12.7 Å². The van der Waals surface area contributed by atoms with Crippen LogP contribution < -0.4 is 11.3 Å². The zero-order chi connectivity index (χ0) is 8.97. The molecule has 0 spiro atoms. The van der Waals surface area contributed by atoms with Crippen molar-refractivity contribution in [3.8, 4) is 0 Å². The average Bonchev–Trinajstić information content (AvgIpc) is 2.47.